The number of hydrogen-bond donors (Lipinski definition) is 2. The minimum Gasteiger partial charge on any atom is -0.388 e. The molecule has 0 spiro atoms. The molecule has 0 radical (unpaired) electrons. The highest BCUT2D eigenvalue weighted by Gasteiger charge is 2.30. The zero-order valence-electron chi connectivity index (χ0n) is 11.5. The van der Waals surface area contributed by atoms with Crippen molar-refractivity contribution in [2.24, 2.45) is 0 Å². The molecule has 0 fully saturated rings. The molecule has 18 heavy (non-hydrogen) atoms. The summed E-state index contributed by atoms with van der Waals surface area (Å²) in [7, 11) is 0. The van der Waals surface area contributed by atoms with Crippen LogP contribution in [-0.4, -0.2) is 11.0 Å². The molecule has 98 valence electrons. The molecule has 3 nitrogen and oxygen atoms in total. The monoisotopic (exact) mass is 247 g/mol. The number of amides is 1. The van der Waals surface area contributed by atoms with Crippen molar-refractivity contribution in [3.8, 4) is 0 Å². The SMILES string of the molecule is CCCC(O)c1cc2c(c(C)c1C)NC(=O)C2C. The Balaban J connectivity index is 2.52. The van der Waals surface area contributed by atoms with Crippen LogP contribution >= 0.6 is 0 Å². The lowest BCUT2D eigenvalue weighted by molar-refractivity contribution is -0.116. The minimum atomic E-state index is -0.429. The zero-order valence-corrected chi connectivity index (χ0v) is 11.5. The van der Waals surface area contributed by atoms with Gasteiger partial charge in [0.2, 0.25) is 5.91 Å². The molecule has 0 aliphatic carbocycles. The predicted molar refractivity (Wildman–Crippen MR) is 72.8 cm³/mol. The molecule has 3 heteroatoms. The van der Waals surface area contributed by atoms with E-state index >= 15 is 0 Å². The number of aliphatic hydroxyl groups is 1. The predicted octanol–water partition coefficient (Wildman–Crippen LogP) is 3.19. The van der Waals surface area contributed by atoms with Crippen LogP contribution in [0.25, 0.3) is 0 Å². The molecule has 1 amide bonds. The normalized spacial score (nSPS) is 19.6. The van der Waals surface area contributed by atoms with E-state index in [-0.39, 0.29) is 11.8 Å². The molecule has 2 rings (SSSR count). The summed E-state index contributed by atoms with van der Waals surface area (Å²) >= 11 is 0. The Kier molecular flexibility index (Phi) is 3.44. The maximum absolute atomic E-state index is 11.7. The largest absolute Gasteiger partial charge is 0.388 e. The Morgan fingerprint density at radius 3 is 2.67 bits per heavy atom. The van der Waals surface area contributed by atoms with Crippen LogP contribution in [0.4, 0.5) is 5.69 Å². The molecular formula is C15H21NO2. The third kappa shape index (κ3) is 1.93. The third-order valence-electron chi connectivity index (χ3n) is 4.00. The van der Waals surface area contributed by atoms with Gasteiger partial charge in [0.1, 0.15) is 0 Å². The molecule has 2 unspecified atom stereocenters. The van der Waals surface area contributed by atoms with E-state index in [0.29, 0.717) is 0 Å². The van der Waals surface area contributed by atoms with Crippen LogP contribution in [0, 0.1) is 13.8 Å². The van der Waals surface area contributed by atoms with E-state index in [1.54, 1.807) is 0 Å². The molecule has 2 N–H and O–H groups in total. The van der Waals surface area contributed by atoms with Gasteiger partial charge in [0.15, 0.2) is 0 Å². The van der Waals surface area contributed by atoms with Gasteiger partial charge in [-0.25, -0.2) is 0 Å². The number of fused-ring (bicyclic) bond motifs is 1. The van der Waals surface area contributed by atoms with Crippen molar-refractivity contribution in [1.29, 1.82) is 0 Å². The highest BCUT2D eigenvalue weighted by molar-refractivity contribution is 6.03. The van der Waals surface area contributed by atoms with Gasteiger partial charge in [0.05, 0.1) is 12.0 Å². The summed E-state index contributed by atoms with van der Waals surface area (Å²) in [5, 5.41) is 13.1. The van der Waals surface area contributed by atoms with Crippen molar-refractivity contribution in [2.75, 3.05) is 5.32 Å². The van der Waals surface area contributed by atoms with Crippen molar-refractivity contribution in [1.82, 2.24) is 0 Å². The molecule has 0 saturated heterocycles. The maximum Gasteiger partial charge on any atom is 0.231 e. The van der Waals surface area contributed by atoms with Crippen LogP contribution in [0.2, 0.25) is 0 Å². The first-order chi connectivity index (χ1) is 8.47. The molecule has 1 aromatic rings. The summed E-state index contributed by atoms with van der Waals surface area (Å²) in [4.78, 5) is 11.7. The van der Waals surface area contributed by atoms with Crippen LogP contribution < -0.4 is 5.32 Å². The number of aliphatic hydroxyl groups excluding tert-OH is 1. The van der Waals surface area contributed by atoms with Gasteiger partial charge in [0.25, 0.3) is 0 Å². The average molecular weight is 247 g/mol. The number of nitrogens with one attached hydrogen (secondary N) is 1. The number of carbonyl (C=O) groups is 1. The van der Waals surface area contributed by atoms with Crippen molar-refractivity contribution in [2.45, 2.75) is 52.6 Å². The summed E-state index contributed by atoms with van der Waals surface area (Å²) in [6.07, 6.45) is 1.28. The van der Waals surface area contributed by atoms with E-state index in [1.807, 2.05) is 26.8 Å². The van der Waals surface area contributed by atoms with Crippen LogP contribution in [-0.2, 0) is 4.79 Å². The van der Waals surface area contributed by atoms with Gasteiger partial charge in [-0.15, -0.1) is 0 Å². The summed E-state index contributed by atoms with van der Waals surface area (Å²) in [6, 6.07) is 2.00. The molecule has 1 heterocycles. The first-order valence-corrected chi connectivity index (χ1v) is 6.60. The molecule has 0 saturated carbocycles. The first kappa shape index (κ1) is 13.1. The highest BCUT2D eigenvalue weighted by atomic mass is 16.3. The summed E-state index contributed by atoms with van der Waals surface area (Å²) in [5.41, 5.74) is 5.10. The molecule has 0 bridgehead atoms. The van der Waals surface area contributed by atoms with E-state index in [9.17, 15) is 9.90 Å². The topological polar surface area (TPSA) is 49.3 Å². The Labute approximate surface area is 108 Å². The quantitative estimate of drug-likeness (QED) is 0.861. The van der Waals surface area contributed by atoms with E-state index in [2.05, 4.69) is 12.2 Å². The lowest BCUT2D eigenvalue weighted by atomic mass is 9.90. The number of carbonyl (C=O) groups excluding carboxylic acids is 1. The Morgan fingerprint density at radius 2 is 2.06 bits per heavy atom. The smallest absolute Gasteiger partial charge is 0.231 e. The van der Waals surface area contributed by atoms with Crippen LogP contribution in [0.1, 0.15) is 61.0 Å². The summed E-state index contributed by atoms with van der Waals surface area (Å²) < 4.78 is 0. The molecule has 2 atom stereocenters. The molecule has 1 aromatic carbocycles. The van der Waals surface area contributed by atoms with Crippen LogP contribution in [0.5, 0.6) is 0 Å². The fraction of sp³-hybridized carbons (Fsp3) is 0.533. The Bertz CT molecular complexity index is 494. The third-order valence-corrected chi connectivity index (χ3v) is 4.00. The second-order valence-electron chi connectivity index (χ2n) is 5.20. The Morgan fingerprint density at radius 1 is 1.39 bits per heavy atom. The van der Waals surface area contributed by atoms with E-state index in [4.69, 9.17) is 0 Å². The Hall–Kier alpha value is -1.35. The number of benzene rings is 1. The average Bonchev–Trinajstić information content (AvgIpc) is 2.61. The second-order valence-corrected chi connectivity index (χ2v) is 5.20. The van der Waals surface area contributed by atoms with Crippen molar-refractivity contribution < 1.29 is 9.90 Å². The van der Waals surface area contributed by atoms with Gasteiger partial charge in [-0.3, -0.25) is 4.79 Å². The van der Waals surface area contributed by atoms with Gasteiger partial charge in [-0.1, -0.05) is 19.4 Å². The van der Waals surface area contributed by atoms with Crippen molar-refractivity contribution in [3.63, 3.8) is 0 Å². The molecular weight excluding hydrogens is 226 g/mol. The zero-order chi connectivity index (χ0) is 13.4. The van der Waals surface area contributed by atoms with Crippen LogP contribution in [0.3, 0.4) is 0 Å². The van der Waals surface area contributed by atoms with Gasteiger partial charge in [0, 0.05) is 5.69 Å². The van der Waals surface area contributed by atoms with E-state index in [0.717, 1.165) is 40.8 Å². The van der Waals surface area contributed by atoms with E-state index < -0.39 is 6.10 Å². The second kappa shape index (κ2) is 4.73. The summed E-state index contributed by atoms with van der Waals surface area (Å²) in [6.45, 7) is 7.99. The maximum atomic E-state index is 11.7. The number of rotatable bonds is 3. The molecule has 0 aromatic heterocycles. The molecule has 1 aliphatic heterocycles. The minimum absolute atomic E-state index is 0.0506. The fourth-order valence-corrected chi connectivity index (χ4v) is 2.62. The molecule has 1 aliphatic rings. The van der Waals surface area contributed by atoms with Gasteiger partial charge in [-0.2, -0.15) is 0 Å². The highest BCUT2D eigenvalue weighted by Crippen LogP contribution is 2.39. The van der Waals surface area contributed by atoms with Gasteiger partial charge >= 0.3 is 0 Å². The van der Waals surface area contributed by atoms with Crippen molar-refractivity contribution >= 4 is 11.6 Å². The fourth-order valence-electron chi connectivity index (χ4n) is 2.62. The first-order valence-electron chi connectivity index (χ1n) is 6.60. The van der Waals surface area contributed by atoms with Gasteiger partial charge in [-0.05, 0) is 49.4 Å². The lowest BCUT2D eigenvalue weighted by Crippen LogP contribution is -2.08. The van der Waals surface area contributed by atoms with E-state index in [1.165, 1.54) is 0 Å². The van der Waals surface area contributed by atoms with Crippen molar-refractivity contribution in [3.05, 3.63) is 28.3 Å². The van der Waals surface area contributed by atoms with Gasteiger partial charge < -0.3 is 10.4 Å². The van der Waals surface area contributed by atoms with Crippen LogP contribution in [0.15, 0.2) is 6.07 Å². The summed E-state index contributed by atoms with van der Waals surface area (Å²) in [5.74, 6) is -0.0680. The lowest BCUT2D eigenvalue weighted by Gasteiger charge is -2.18. The standard InChI is InChI=1S/C15H21NO2/c1-5-6-13(17)11-7-12-10(4)15(18)16-14(12)9(3)8(11)2/h7,10,13,17H,5-6H2,1-4H3,(H,16,18). The number of hydrogen-bond acceptors (Lipinski definition) is 2. The number of anilines is 1.